The summed E-state index contributed by atoms with van der Waals surface area (Å²) in [5, 5.41) is 9.47. The average Bonchev–Trinajstić information content (AvgIpc) is 2.39. The van der Waals surface area contributed by atoms with E-state index in [1.807, 2.05) is 0 Å². The number of hydrogen-bond acceptors (Lipinski definition) is 4. The van der Waals surface area contributed by atoms with Crippen LogP contribution in [0.4, 0.5) is 0 Å². The summed E-state index contributed by atoms with van der Waals surface area (Å²) >= 11 is 5.82. The van der Waals surface area contributed by atoms with Crippen molar-refractivity contribution in [3.05, 3.63) is 53.1 Å². The second kappa shape index (κ2) is 5.90. The molecule has 0 fully saturated rings. The van der Waals surface area contributed by atoms with Crippen LogP contribution in [0.5, 0.6) is 0 Å². The summed E-state index contributed by atoms with van der Waals surface area (Å²) in [5.74, 6) is -1.14. The maximum Gasteiger partial charge on any atom is 0.339 e. The highest BCUT2D eigenvalue weighted by Gasteiger charge is 2.15. The van der Waals surface area contributed by atoms with Gasteiger partial charge in [0.2, 0.25) is 0 Å². The van der Waals surface area contributed by atoms with E-state index in [-0.39, 0.29) is 17.0 Å². The molecule has 19 heavy (non-hydrogen) atoms. The quantitative estimate of drug-likeness (QED) is 0.935. The Bertz CT molecular complexity index is 648. The molecule has 0 amide bonds. The first-order valence-electron chi connectivity index (χ1n) is 5.24. The number of aromatic nitrogens is 2. The molecule has 0 bridgehead atoms. The van der Waals surface area contributed by atoms with Gasteiger partial charge in [-0.25, -0.2) is 14.8 Å². The van der Waals surface area contributed by atoms with Crippen LogP contribution in [0.25, 0.3) is 0 Å². The van der Waals surface area contributed by atoms with Crippen LogP contribution in [0.15, 0.2) is 41.7 Å². The van der Waals surface area contributed by atoms with Gasteiger partial charge in [-0.2, -0.15) is 0 Å². The van der Waals surface area contributed by atoms with Crippen molar-refractivity contribution in [3.63, 3.8) is 0 Å². The first kappa shape index (κ1) is 13.6. The number of hydrogen-bond donors (Lipinski definition) is 1. The standard InChI is InChI=1S/C12H9ClN2O3S/c13-8-2-1-3-9(4-8)19(18)6-11-10(12(16)17)5-14-7-15-11/h1-5,7H,6H2,(H,16,17). The highest BCUT2D eigenvalue weighted by atomic mass is 35.5. The Hall–Kier alpha value is -1.79. The smallest absolute Gasteiger partial charge is 0.339 e. The van der Waals surface area contributed by atoms with Gasteiger partial charge in [0.15, 0.2) is 0 Å². The zero-order valence-corrected chi connectivity index (χ0v) is 11.2. The van der Waals surface area contributed by atoms with Gasteiger partial charge in [0.05, 0.1) is 22.2 Å². The van der Waals surface area contributed by atoms with E-state index in [4.69, 9.17) is 16.7 Å². The highest BCUT2D eigenvalue weighted by Crippen LogP contribution is 2.17. The molecule has 0 aliphatic rings. The van der Waals surface area contributed by atoms with Crippen molar-refractivity contribution in [1.29, 1.82) is 0 Å². The number of halogens is 1. The third-order valence-corrected chi connectivity index (χ3v) is 3.90. The monoisotopic (exact) mass is 296 g/mol. The summed E-state index contributed by atoms with van der Waals surface area (Å²) in [5.41, 5.74) is 0.193. The second-order valence-electron chi connectivity index (χ2n) is 3.64. The normalized spacial score (nSPS) is 12.1. The van der Waals surface area contributed by atoms with Crippen molar-refractivity contribution in [1.82, 2.24) is 9.97 Å². The zero-order chi connectivity index (χ0) is 13.8. The maximum atomic E-state index is 12.1. The van der Waals surface area contributed by atoms with Gasteiger partial charge >= 0.3 is 5.97 Å². The van der Waals surface area contributed by atoms with Crippen molar-refractivity contribution in [2.45, 2.75) is 10.6 Å². The molecule has 5 nitrogen and oxygen atoms in total. The Morgan fingerprint density at radius 3 is 2.89 bits per heavy atom. The molecule has 0 aliphatic carbocycles. The lowest BCUT2D eigenvalue weighted by molar-refractivity contribution is 0.0695. The molecule has 1 aromatic heterocycles. The number of carboxylic acids is 1. The van der Waals surface area contributed by atoms with E-state index in [9.17, 15) is 9.00 Å². The molecule has 1 atom stereocenters. The Balaban J connectivity index is 2.27. The lowest BCUT2D eigenvalue weighted by Gasteiger charge is -2.05. The van der Waals surface area contributed by atoms with Crippen LogP contribution in [0, 0.1) is 0 Å². The average molecular weight is 297 g/mol. The van der Waals surface area contributed by atoms with Crippen LogP contribution in [-0.4, -0.2) is 25.3 Å². The molecule has 2 aromatic rings. The van der Waals surface area contributed by atoms with Crippen molar-refractivity contribution < 1.29 is 14.1 Å². The van der Waals surface area contributed by atoms with E-state index in [0.717, 1.165) is 0 Å². The molecule has 98 valence electrons. The van der Waals surface area contributed by atoms with E-state index in [2.05, 4.69) is 9.97 Å². The highest BCUT2D eigenvalue weighted by molar-refractivity contribution is 7.84. The fourth-order valence-electron chi connectivity index (χ4n) is 1.46. The number of nitrogens with zero attached hydrogens (tertiary/aromatic N) is 2. The lowest BCUT2D eigenvalue weighted by atomic mass is 10.2. The van der Waals surface area contributed by atoms with Crippen LogP contribution in [0.1, 0.15) is 16.1 Å². The SMILES string of the molecule is O=C(O)c1cncnc1CS(=O)c1cccc(Cl)c1. The lowest BCUT2D eigenvalue weighted by Crippen LogP contribution is -2.08. The molecule has 2 rings (SSSR count). The second-order valence-corrected chi connectivity index (χ2v) is 5.52. The van der Waals surface area contributed by atoms with E-state index in [0.29, 0.717) is 9.92 Å². The summed E-state index contributed by atoms with van der Waals surface area (Å²) in [7, 11) is -1.41. The van der Waals surface area contributed by atoms with Gasteiger partial charge in [-0.1, -0.05) is 17.7 Å². The fraction of sp³-hybridized carbons (Fsp3) is 0.0833. The van der Waals surface area contributed by atoms with Gasteiger partial charge in [0, 0.05) is 16.1 Å². The first-order valence-corrected chi connectivity index (χ1v) is 6.93. The molecule has 0 aliphatic heterocycles. The predicted octanol–water partition coefficient (Wildman–Crippen LogP) is 2.14. The summed E-state index contributed by atoms with van der Waals surface area (Å²) < 4.78 is 12.1. The third kappa shape index (κ3) is 3.36. The minimum absolute atomic E-state index is 0.00446. The molecular weight excluding hydrogens is 288 g/mol. The van der Waals surface area contributed by atoms with Gasteiger partial charge in [0.1, 0.15) is 11.9 Å². The topological polar surface area (TPSA) is 80.2 Å². The third-order valence-electron chi connectivity index (χ3n) is 2.35. The minimum atomic E-state index is -1.41. The molecule has 0 saturated carbocycles. The van der Waals surface area contributed by atoms with Crippen LogP contribution in [-0.2, 0) is 16.6 Å². The Morgan fingerprint density at radius 2 is 2.21 bits per heavy atom. The number of rotatable bonds is 4. The maximum absolute atomic E-state index is 12.1. The van der Waals surface area contributed by atoms with Crippen LogP contribution >= 0.6 is 11.6 Å². The molecule has 0 radical (unpaired) electrons. The molecule has 0 saturated heterocycles. The predicted molar refractivity (Wildman–Crippen MR) is 70.6 cm³/mol. The molecule has 0 spiro atoms. The van der Waals surface area contributed by atoms with Crippen molar-refractivity contribution in [2.24, 2.45) is 0 Å². The number of benzene rings is 1. The summed E-state index contributed by atoms with van der Waals surface area (Å²) in [6, 6.07) is 6.62. The van der Waals surface area contributed by atoms with Gasteiger partial charge in [0.25, 0.3) is 0 Å². The van der Waals surface area contributed by atoms with Gasteiger partial charge < -0.3 is 5.11 Å². The van der Waals surface area contributed by atoms with E-state index in [1.54, 1.807) is 24.3 Å². The molecule has 1 heterocycles. The van der Waals surface area contributed by atoms with E-state index < -0.39 is 16.8 Å². The Labute approximate surface area is 116 Å². The van der Waals surface area contributed by atoms with Crippen molar-refractivity contribution in [2.75, 3.05) is 0 Å². The van der Waals surface area contributed by atoms with Crippen LogP contribution in [0.2, 0.25) is 5.02 Å². The Kier molecular flexibility index (Phi) is 4.24. The summed E-state index contributed by atoms with van der Waals surface area (Å²) in [6.07, 6.45) is 2.43. The molecule has 1 N–H and O–H groups in total. The van der Waals surface area contributed by atoms with E-state index >= 15 is 0 Å². The summed E-state index contributed by atoms with van der Waals surface area (Å²) in [6.45, 7) is 0. The van der Waals surface area contributed by atoms with Crippen molar-refractivity contribution >= 4 is 28.4 Å². The molecular formula is C12H9ClN2O3S. The van der Waals surface area contributed by atoms with Crippen molar-refractivity contribution in [3.8, 4) is 0 Å². The van der Waals surface area contributed by atoms with Crippen LogP contribution in [0.3, 0.4) is 0 Å². The van der Waals surface area contributed by atoms with Gasteiger partial charge in [-0.3, -0.25) is 4.21 Å². The largest absolute Gasteiger partial charge is 0.478 e. The summed E-state index contributed by atoms with van der Waals surface area (Å²) in [4.78, 5) is 19.0. The molecule has 1 unspecified atom stereocenters. The first-order chi connectivity index (χ1) is 9.08. The number of aromatic carboxylic acids is 1. The number of carbonyl (C=O) groups is 1. The van der Waals surface area contributed by atoms with E-state index in [1.165, 1.54) is 12.5 Å². The molecule has 1 aromatic carbocycles. The Morgan fingerprint density at radius 1 is 1.42 bits per heavy atom. The fourth-order valence-corrected chi connectivity index (χ4v) is 2.85. The number of carboxylic acid groups (broad SMARTS) is 1. The minimum Gasteiger partial charge on any atom is -0.478 e. The zero-order valence-electron chi connectivity index (χ0n) is 9.62. The molecule has 7 heteroatoms. The van der Waals surface area contributed by atoms with Gasteiger partial charge in [-0.05, 0) is 18.2 Å². The van der Waals surface area contributed by atoms with Crippen LogP contribution < -0.4 is 0 Å². The van der Waals surface area contributed by atoms with Gasteiger partial charge in [-0.15, -0.1) is 0 Å².